The third-order valence-electron chi connectivity index (χ3n) is 6.44. The molecule has 0 heterocycles. The summed E-state index contributed by atoms with van der Waals surface area (Å²) in [5.74, 6) is 1.82. The summed E-state index contributed by atoms with van der Waals surface area (Å²) in [5.41, 5.74) is 2.93. The summed E-state index contributed by atoms with van der Waals surface area (Å²) in [6.45, 7) is 16.6. The van der Waals surface area contributed by atoms with Crippen LogP contribution in [0.2, 0.25) is 0 Å². The van der Waals surface area contributed by atoms with Crippen LogP contribution in [0.5, 0.6) is 0 Å². The van der Waals surface area contributed by atoms with E-state index in [4.69, 9.17) is 0 Å². The second-order valence-corrected chi connectivity index (χ2v) is 8.44. The maximum absolute atomic E-state index is 4.19. The van der Waals surface area contributed by atoms with Crippen LogP contribution in [0.1, 0.15) is 85.0 Å². The van der Waals surface area contributed by atoms with Gasteiger partial charge in [-0.15, -0.1) is 0 Å². The van der Waals surface area contributed by atoms with E-state index in [9.17, 15) is 0 Å². The normalized spacial score (nSPS) is 22.3. The lowest BCUT2D eigenvalue weighted by Gasteiger charge is -2.31. The maximum Gasteiger partial charge on any atom is 0.0143 e. The van der Waals surface area contributed by atoms with Gasteiger partial charge in [-0.1, -0.05) is 46.8 Å². The minimum absolute atomic E-state index is 0.549. The summed E-state index contributed by atoms with van der Waals surface area (Å²) in [6.07, 6.45) is 12.8. The molecule has 2 N–H and O–H groups in total. The van der Waals surface area contributed by atoms with E-state index in [2.05, 4.69) is 44.6 Å². The second kappa shape index (κ2) is 10.8. The van der Waals surface area contributed by atoms with Gasteiger partial charge in [0.05, 0.1) is 0 Å². The SMILES string of the molecule is C=C(CCCCCNC(=C)CCCCC1CCC(C)C1(C)C)NC. The third kappa shape index (κ3) is 7.32. The average Bonchev–Trinajstić information content (AvgIpc) is 2.80. The van der Waals surface area contributed by atoms with Crippen molar-refractivity contribution in [3.63, 3.8) is 0 Å². The Morgan fingerprint density at radius 2 is 1.62 bits per heavy atom. The van der Waals surface area contributed by atoms with Crippen molar-refractivity contribution in [2.45, 2.75) is 85.0 Å². The summed E-state index contributed by atoms with van der Waals surface area (Å²) in [7, 11) is 1.95. The van der Waals surface area contributed by atoms with Gasteiger partial charge in [-0.2, -0.15) is 0 Å². The highest BCUT2D eigenvalue weighted by Gasteiger charge is 2.39. The lowest BCUT2D eigenvalue weighted by atomic mass is 9.74. The first-order chi connectivity index (χ1) is 11.4. The fourth-order valence-electron chi connectivity index (χ4n) is 3.96. The van der Waals surface area contributed by atoms with Crippen LogP contribution in [-0.2, 0) is 0 Å². The smallest absolute Gasteiger partial charge is 0.0143 e. The molecule has 0 saturated heterocycles. The summed E-state index contributed by atoms with van der Waals surface area (Å²) in [4.78, 5) is 0. The highest BCUT2D eigenvalue weighted by molar-refractivity contribution is 4.92. The highest BCUT2D eigenvalue weighted by atomic mass is 14.9. The van der Waals surface area contributed by atoms with Crippen molar-refractivity contribution in [3.05, 3.63) is 24.6 Å². The Bertz CT molecular complexity index is 383. The molecule has 1 aliphatic carbocycles. The fraction of sp³-hybridized carbons (Fsp3) is 0.818. The molecule has 0 aromatic rings. The van der Waals surface area contributed by atoms with Crippen molar-refractivity contribution in [2.24, 2.45) is 17.3 Å². The lowest BCUT2D eigenvalue weighted by molar-refractivity contribution is 0.185. The molecular formula is C22H42N2. The van der Waals surface area contributed by atoms with Crippen molar-refractivity contribution in [1.29, 1.82) is 0 Å². The molecule has 0 aliphatic heterocycles. The molecule has 0 aromatic carbocycles. The van der Waals surface area contributed by atoms with Crippen LogP contribution >= 0.6 is 0 Å². The molecule has 0 aromatic heterocycles. The van der Waals surface area contributed by atoms with Crippen LogP contribution in [0.25, 0.3) is 0 Å². The molecule has 24 heavy (non-hydrogen) atoms. The summed E-state index contributed by atoms with van der Waals surface area (Å²) in [5, 5.41) is 6.61. The van der Waals surface area contributed by atoms with E-state index < -0.39 is 0 Å². The Balaban J connectivity index is 1.98. The molecule has 0 radical (unpaired) electrons. The van der Waals surface area contributed by atoms with E-state index in [0.29, 0.717) is 5.41 Å². The predicted octanol–water partition coefficient (Wildman–Crippen LogP) is 6.02. The van der Waals surface area contributed by atoms with Crippen molar-refractivity contribution in [1.82, 2.24) is 10.6 Å². The molecule has 2 unspecified atom stereocenters. The molecule has 0 amide bonds. The van der Waals surface area contributed by atoms with Crippen molar-refractivity contribution < 1.29 is 0 Å². The maximum atomic E-state index is 4.19. The van der Waals surface area contributed by atoms with Gasteiger partial charge in [0.15, 0.2) is 0 Å². The van der Waals surface area contributed by atoms with E-state index in [1.54, 1.807) is 0 Å². The van der Waals surface area contributed by atoms with Crippen LogP contribution in [0.15, 0.2) is 24.6 Å². The zero-order valence-electron chi connectivity index (χ0n) is 16.8. The van der Waals surface area contributed by atoms with E-state index in [1.165, 1.54) is 57.1 Å². The highest BCUT2D eigenvalue weighted by Crippen LogP contribution is 2.49. The van der Waals surface area contributed by atoms with Gasteiger partial charge < -0.3 is 10.6 Å². The Kier molecular flexibility index (Phi) is 9.54. The Labute approximate surface area is 151 Å². The first-order valence-corrected chi connectivity index (χ1v) is 10.1. The van der Waals surface area contributed by atoms with E-state index in [-0.39, 0.29) is 0 Å². The minimum atomic E-state index is 0.549. The summed E-state index contributed by atoms with van der Waals surface area (Å²) < 4.78 is 0. The largest absolute Gasteiger partial charge is 0.392 e. The Morgan fingerprint density at radius 3 is 2.25 bits per heavy atom. The van der Waals surface area contributed by atoms with Gasteiger partial charge in [0, 0.05) is 25.0 Å². The monoisotopic (exact) mass is 334 g/mol. The van der Waals surface area contributed by atoms with Crippen LogP contribution < -0.4 is 10.6 Å². The number of hydrogen-bond donors (Lipinski definition) is 2. The predicted molar refractivity (Wildman–Crippen MR) is 108 cm³/mol. The second-order valence-electron chi connectivity index (χ2n) is 8.44. The molecule has 1 rings (SSSR count). The first-order valence-electron chi connectivity index (χ1n) is 10.1. The molecule has 1 aliphatic rings. The van der Waals surface area contributed by atoms with Gasteiger partial charge in [0.25, 0.3) is 0 Å². The fourth-order valence-corrected chi connectivity index (χ4v) is 3.96. The van der Waals surface area contributed by atoms with Crippen molar-refractivity contribution in [2.75, 3.05) is 13.6 Å². The van der Waals surface area contributed by atoms with Gasteiger partial charge in [-0.05, 0) is 68.6 Å². The summed E-state index contributed by atoms with van der Waals surface area (Å²) >= 11 is 0. The van der Waals surface area contributed by atoms with Gasteiger partial charge >= 0.3 is 0 Å². The average molecular weight is 335 g/mol. The van der Waals surface area contributed by atoms with Crippen molar-refractivity contribution >= 4 is 0 Å². The standard InChI is InChI=1S/C22H42N2/c1-18-15-16-21(22(18,4)5)14-10-9-13-20(3)24-17-11-7-8-12-19(2)23-6/h18,21,23-24H,2-3,7-17H2,1,4-6H3. The lowest BCUT2D eigenvalue weighted by Crippen LogP contribution is -2.23. The van der Waals surface area contributed by atoms with E-state index in [0.717, 1.165) is 36.9 Å². The number of allylic oxidation sites excluding steroid dienone is 2. The molecule has 1 fully saturated rings. The molecule has 1 saturated carbocycles. The number of unbranched alkanes of at least 4 members (excludes halogenated alkanes) is 3. The zero-order valence-corrected chi connectivity index (χ0v) is 16.8. The topological polar surface area (TPSA) is 24.1 Å². The van der Waals surface area contributed by atoms with Gasteiger partial charge in [0.1, 0.15) is 0 Å². The van der Waals surface area contributed by atoms with Crippen LogP contribution in [-0.4, -0.2) is 13.6 Å². The van der Waals surface area contributed by atoms with Gasteiger partial charge in [-0.25, -0.2) is 0 Å². The Morgan fingerprint density at radius 1 is 0.958 bits per heavy atom. The minimum Gasteiger partial charge on any atom is -0.392 e. The Hall–Kier alpha value is -0.920. The van der Waals surface area contributed by atoms with E-state index >= 15 is 0 Å². The molecule has 0 bridgehead atoms. The number of rotatable bonds is 13. The molecule has 2 atom stereocenters. The van der Waals surface area contributed by atoms with Crippen LogP contribution in [0.4, 0.5) is 0 Å². The van der Waals surface area contributed by atoms with Crippen LogP contribution in [0.3, 0.4) is 0 Å². The van der Waals surface area contributed by atoms with E-state index in [1.807, 2.05) is 7.05 Å². The van der Waals surface area contributed by atoms with Crippen molar-refractivity contribution in [3.8, 4) is 0 Å². The van der Waals surface area contributed by atoms with Gasteiger partial charge in [0.2, 0.25) is 0 Å². The zero-order chi connectivity index (χ0) is 18.0. The molecule has 2 nitrogen and oxygen atoms in total. The number of nitrogens with one attached hydrogen (secondary N) is 2. The molecule has 0 spiro atoms. The third-order valence-corrected chi connectivity index (χ3v) is 6.44. The first kappa shape index (κ1) is 21.1. The van der Waals surface area contributed by atoms with Gasteiger partial charge in [-0.3, -0.25) is 0 Å². The summed E-state index contributed by atoms with van der Waals surface area (Å²) in [6, 6.07) is 0. The molecular weight excluding hydrogens is 292 g/mol. The number of hydrogen-bond acceptors (Lipinski definition) is 2. The van der Waals surface area contributed by atoms with Crippen LogP contribution in [0, 0.1) is 17.3 Å². The quantitative estimate of drug-likeness (QED) is 0.403. The molecule has 140 valence electrons. The molecule has 2 heteroatoms.